The zero-order valence-electron chi connectivity index (χ0n) is 18.3. The Labute approximate surface area is 196 Å². The number of fused-ring (bicyclic) bond motifs is 1. The summed E-state index contributed by atoms with van der Waals surface area (Å²) in [6.07, 6.45) is 3.08. The third-order valence-corrected chi connectivity index (χ3v) is 5.23. The minimum Gasteiger partial charge on any atom is -0.486 e. The Hall–Kier alpha value is -3.43. The zero-order chi connectivity index (χ0) is 23.4. The van der Waals surface area contributed by atoms with Crippen molar-refractivity contribution in [1.29, 1.82) is 0 Å². The molecule has 3 heterocycles. The van der Waals surface area contributed by atoms with Crippen LogP contribution < -0.4 is 20.7 Å². The number of amides is 1. The van der Waals surface area contributed by atoms with Crippen LogP contribution in [0.5, 0.6) is 5.75 Å². The van der Waals surface area contributed by atoms with Gasteiger partial charge in [-0.05, 0) is 44.4 Å². The van der Waals surface area contributed by atoms with Gasteiger partial charge in [0, 0.05) is 36.1 Å². The van der Waals surface area contributed by atoms with Crippen molar-refractivity contribution in [3.8, 4) is 17.0 Å². The van der Waals surface area contributed by atoms with Crippen molar-refractivity contribution in [1.82, 2.24) is 20.2 Å². The van der Waals surface area contributed by atoms with Crippen molar-refractivity contribution in [2.24, 2.45) is 0 Å². The van der Waals surface area contributed by atoms with Crippen molar-refractivity contribution < 1.29 is 13.9 Å². The van der Waals surface area contributed by atoms with Gasteiger partial charge in [0.2, 0.25) is 0 Å². The lowest BCUT2D eigenvalue weighted by Gasteiger charge is -2.23. The van der Waals surface area contributed by atoms with Gasteiger partial charge in [0.15, 0.2) is 11.6 Å². The quantitative estimate of drug-likeness (QED) is 0.484. The number of halogens is 2. The largest absolute Gasteiger partial charge is 0.486 e. The summed E-state index contributed by atoms with van der Waals surface area (Å²) in [6.45, 7) is 2.22. The summed E-state index contributed by atoms with van der Waals surface area (Å²) in [5, 5.41) is 9.72. The van der Waals surface area contributed by atoms with Gasteiger partial charge < -0.3 is 25.6 Å². The van der Waals surface area contributed by atoms with Crippen LogP contribution in [0.25, 0.3) is 11.3 Å². The Kier molecular flexibility index (Phi) is 6.90. The van der Waals surface area contributed by atoms with Gasteiger partial charge in [-0.3, -0.25) is 9.78 Å². The highest BCUT2D eigenvalue weighted by molar-refractivity contribution is 6.30. The van der Waals surface area contributed by atoms with E-state index in [0.717, 1.165) is 0 Å². The molecule has 33 heavy (non-hydrogen) atoms. The van der Waals surface area contributed by atoms with Gasteiger partial charge >= 0.3 is 0 Å². The molecule has 0 spiro atoms. The Morgan fingerprint density at radius 2 is 2.12 bits per heavy atom. The maximum Gasteiger partial charge on any atom is 0.255 e. The highest BCUT2D eigenvalue weighted by Gasteiger charge is 2.21. The lowest BCUT2D eigenvalue weighted by atomic mass is 10.1. The van der Waals surface area contributed by atoms with Crippen molar-refractivity contribution in [2.45, 2.75) is 0 Å². The zero-order valence-corrected chi connectivity index (χ0v) is 19.0. The fraction of sp³-hybridized carbons (Fsp3) is 0.261. The Balaban J connectivity index is 1.70. The highest BCUT2D eigenvalue weighted by Crippen LogP contribution is 2.40. The van der Waals surface area contributed by atoms with E-state index in [0.29, 0.717) is 65.5 Å². The van der Waals surface area contributed by atoms with E-state index in [4.69, 9.17) is 16.3 Å². The van der Waals surface area contributed by atoms with Gasteiger partial charge in [-0.15, -0.1) is 0 Å². The predicted octanol–water partition coefficient (Wildman–Crippen LogP) is 3.78. The molecule has 3 aromatic rings. The fourth-order valence-corrected chi connectivity index (χ4v) is 3.54. The lowest BCUT2D eigenvalue weighted by Crippen LogP contribution is -2.31. The molecule has 1 aromatic carbocycles. The van der Waals surface area contributed by atoms with Crippen LogP contribution in [0.2, 0.25) is 5.02 Å². The summed E-state index contributed by atoms with van der Waals surface area (Å²) in [5.41, 5.74) is 2.08. The maximum absolute atomic E-state index is 14.6. The molecule has 1 aliphatic heterocycles. The first kappa shape index (κ1) is 22.8. The number of aromatic nitrogens is 2. The summed E-state index contributed by atoms with van der Waals surface area (Å²) in [4.78, 5) is 23.4. The average molecular weight is 471 g/mol. The number of nitrogens with one attached hydrogen (secondary N) is 3. The third kappa shape index (κ3) is 5.32. The number of pyridine rings is 2. The van der Waals surface area contributed by atoms with E-state index in [2.05, 4.69) is 25.9 Å². The van der Waals surface area contributed by atoms with Crippen molar-refractivity contribution in [3.05, 3.63) is 59.1 Å². The summed E-state index contributed by atoms with van der Waals surface area (Å²) in [7, 11) is 3.87. The van der Waals surface area contributed by atoms with E-state index in [9.17, 15) is 9.18 Å². The van der Waals surface area contributed by atoms with Crippen molar-refractivity contribution in [3.63, 3.8) is 0 Å². The van der Waals surface area contributed by atoms with Crippen LogP contribution in [0.3, 0.4) is 0 Å². The molecule has 10 heteroatoms. The number of likely N-dealkylation sites (N-methyl/N-ethyl adjacent to an activating group) is 1. The van der Waals surface area contributed by atoms with Crippen LogP contribution in [0.1, 0.15) is 10.4 Å². The molecule has 1 aliphatic rings. The minimum atomic E-state index is -0.445. The molecular formula is C23H24ClFN6O2. The number of benzene rings is 1. The van der Waals surface area contributed by atoms with Crippen molar-refractivity contribution in [2.75, 3.05) is 51.0 Å². The summed E-state index contributed by atoms with van der Waals surface area (Å²) in [5.74, 6) is 0.268. The third-order valence-electron chi connectivity index (χ3n) is 5.00. The molecule has 0 atom stereocenters. The molecule has 0 bridgehead atoms. The number of rotatable bonds is 7. The molecule has 0 radical (unpaired) electrons. The predicted molar refractivity (Wildman–Crippen MR) is 127 cm³/mol. The number of hydrogen-bond donors (Lipinski definition) is 3. The summed E-state index contributed by atoms with van der Waals surface area (Å²) < 4.78 is 20.4. The number of anilines is 3. The van der Waals surface area contributed by atoms with Crippen LogP contribution in [0, 0.1) is 5.82 Å². The second-order valence-corrected chi connectivity index (χ2v) is 8.17. The molecule has 0 unspecified atom stereocenters. The standard InChI is InChI=1S/C23H24ClFN6O2/c1-31(2)9-7-28-23(32)16-13-26-6-5-18(16)29-20-12-19(15-11-14(24)3-4-17(15)25)30-22-21(20)33-10-8-27-22/h3-6,11-13H,7-10H2,1-2H3,(H,28,32)(H2,26,27,29,30). The van der Waals surface area contributed by atoms with E-state index >= 15 is 0 Å². The first-order chi connectivity index (χ1) is 15.9. The maximum atomic E-state index is 14.6. The highest BCUT2D eigenvalue weighted by atomic mass is 35.5. The van der Waals surface area contributed by atoms with E-state index < -0.39 is 5.82 Å². The smallest absolute Gasteiger partial charge is 0.255 e. The van der Waals surface area contributed by atoms with Gasteiger partial charge in [-0.2, -0.15) is 0 Å². The molecule has 1 amide bonds. The first-order valence-corrected chi connectivity index (χ1v) is 10.8. The molecule has 172 valence electrons. The van der Waals surface area contributed by atoms with E-state index in [-0.39, 0.29) is 11.5 Å². The Morgan fingerprint density at radius 1 is 1.27 bits per heavy atom. The number of nitrogens with zero attached hydrogens (tertiary/aromatic N) is 3. The van der Waals surface area contributed by atoms with E-state index in [1.54, 1.807) is 18.3 Å². The monoisotopic (exact) mass is 470 g/mol. The number of carbonyl (C=O) groups is 1. The summed E-state index contributed by atoms with van der Waals surface area (Å²) in [6, 6.07) is 7.68. The molecule has 4 rings (SSSR count). The van der Waals surface area contributed by atoms with Gasteiger partial charge in [0.1, 0.15) is 12.4 Å². The van der Waals surface area contributed by atoms with E-state index in [1.165, 1.54) is 24.4 Å². The second kappa shape index (κ2) is 10.0. The summed E-state index contributed by atoms with van der Waals surface area (Å²) >= 11 is 6.09. The molecule has 8 nitrogen and oxygen atoms in total. The van der Waals surface area contributed by atoms with Crippen LogP contribution in [0.4, 0.5) is 21.6 Å². The molecule has 0 saturated heterocycles. The van der Waals surface area contributed by atoms with Gasteiger partial charge in [0.05, 0.1) is 29.2 Å². The second-order valence-electron chi connectivity index (χ2n) is 7.74. The Bertz CT molecular complexity index is 1170. The van der Waals surface area contributed by atoms with Crippen LogP contribution in [0.15, 0.2) is 42.7 Å². The topological polar surface area (TPSA) is 91.4 Å². The van der Waals surface area contributed by atoms with Crippen LogP contribution in [-0.2, 0) is 0 Å². The minimum absolute atomic E-state index is 0.254. The Morgan fingerprint density at radius 3 is 2.94 bits per heavy atom. The normalized spacial score (nSPS) is 12.5. The fourth-order valence-electron chi connectivity index (χ4n) is 3.36. The van der Waals surface area contributed by atoms with Crippen LogP contribution in [-0.4, -0.2) is 61.1 Å². The molecular weight excluding hydrogens is 447 g/mol. The van der Waals surface area contributed by atoms with Gasteiger partial charge in [-0.1, -0.05) is 11.6 Å². The number of hydrogen-bond acceptors (Lipinski definition) is 7. The van der Waals surface area contributed by atoms with E-state index in [1.807, 2.05) is 19.0 Å². The molecule has 0 aliphatic carbocycles. The number of ether oxygens (including phenoxy) is 1. The molecule has 0 saturated carbocycles. The average Bonchev–Trinajstić information content (AvgIpc) is 2.80. The van der Waals surface area contributed by atoms with Crippen LogP contribution >= 0.6 is 11.6 Å². The first-order valence-electron chi connectivity index (χ1n) is 10.4. The SMILES string of the molecule is CN(C)CCNC(=O)c1cnccc1Nc1cc(-c2cc(Cl)ccc2F)nc2c1OCCN2. The van der Waals surface area contributed by atoms with Gasteiger partial charge in [-0.25, -0.2) is 9.37 Å². The van der Waals surface area contributed by atoms with Gasteiger partial charge in [0.25, 0.3) is 5.91 Å². The lowest BCUT2D eigenvalue weighted by molar-refractivity contribution is 0.0951. The molecule has 2 aromatic heterocycles. The van der Waals surface area contributed by atoms with Crippen molar-refractivity contribution >= 4 is 34.7 Å². The molecule has 3 N–H and O–H groups in total. The molecule has 0 fully saturated rings. The number of carbonyl (C=O) groups excluding carboxylic acids is 1.